The van der Waals surface area contributed by atoms with Crippen molar-refractivity contribution in [2.24, 2.45) is 5.92 Å². The molecule has 0 saturated carbocycles. The van der Waals surface area contributed by atoms with Crippen LogP contribution in [0.4, 0.5) is 0 Å². The molecule has 0 unspecified atom stereocenters. The van der Waals surface area contributed by atoms with E-state index in [9.17, 15) is 4.79 Å². The SMILES string of the molecule is CC(C)C#CCOC=O. The third kappa shape index (κ3) is 7.03. The van der Waals surface area contributed by atoms with Crippen LogP contribution in [0.3, 0.4) is 0 Å². The Labute approximate surface area is 55.2 Å². The summed E-state index contributed by atoms with van der Waals surface area (Å²) in [6.45, 7) is 4.57. The van der Waals surface area contributed by atoms with E-state index in [1.54, 1.807) is 0 Å². The average molecular weight is 126 g/mol. The molecule has 0 rings (SSSR count). The van der Waals surface area contributed by atoms with Crippen molar-refractivity contribution in [2.45, 2.75) is 13.8 Å². The predicted octanol–water partition coefficient (Wildman–Crippen LogP) is 0.819. The van der Waals surface area contributed by atoms with Gasteiger partial charge in [0.1, 0.15) is 0 Å². The highest BCUT2D eigenvalue weighted by Crippen LogP contribution is 1.84. The number of hydrogen-bond donors (Lipinski definition) is 0. The van der Waals surface area contributed by atoms with E-state index in [1.807, 2.05) is 13.8 Å². The van der Waals surface area contributed by atoms with E-state index < -0.39 is 0 Å². The molecule has 0 aromatic heterocycles. The van der Waals surface area contributed by atoms with Crippen LogP contribution in [0.5, 0.6) is 0 Å². The Balaban J connectivity index is 3.26. The summed E-state index contributed by atoms with van der Waals surface area (Å²) in [4.78, 5) is 9.56. The maximum Gasteiger partial charge on any atom is 0.294 e. The van der Waals surface area contributed by atoms with E-state index in [4.69, 9.17) is 0 Å². The molecule has 0 aromatic carbocycles. The molecular formula is C7H10O2. The minimum absolute atomic E-state index is 0.210. The molecule has 50 valence electrons. The van der Waals surface area contributed by atoms with Crippen LogP contribution in [0, 0.1) is 17.8 Å². The van der Waals surface area contributed by atoms with E-state index in [1.165, 1.54) is 0 Å². The van der Waals surface area contributed by atoms with E-state index in [-0.39, 0.29) is 6.61 Å². The van der Waals surface area contributed by atoms with Crippen molar-refractivity contribution in [1.29, 1.82) is 0 Å². The highest BCUT2D eigenvalue weighted by atomic mass is 16.5. The largest absolute Gasteiger partial charge is 0.455 e. The summed E-state index contributed by atoms with van der Waals surface area (Å²) < 4.78 is 4.33. The predicted molar refractivity (Wildman–Crippen MR) is 34.6 cm³/mol. The van der Waals surface area contributed by atoms with Gasteiger partial charge in [0.2, 0.25) is 0 Å². The van der Waals surface area contributed by atoms with Crippen LogP contribution in [-0.2, 0) is 9.53 Å². The molecule has 0 heterocycles. The molecule has 0 fully saturated rings. The van der Waals surface area contributed by atoms with Crippen molar-refractivity contribution >= 4 is 6.47 Å². The van der Waals surface area contributed by atoms with Crippen LogP contribution in [-0.4, -0.2) is 13.1 Å². The molecule has 2 heteroatoms. The van der Waals surface area contributed by atoms with Crippen molar-refractivity contribution in [3.05, 3.63) is 0 Å². The van der Waals surface area contributed by atoms with E-state index in [0.717, 1.165) is 0 Å². The summed E-state index contributed by atoms with van der Waals surface area (Å²) in [7, 11) is 0. The van der Waals surface area contributed by atoms with Crippen molar-refractivity contribution in [2.75, 3.05) is 6.61 Å². The summed E-state index contributed by atoms with van der Waals surface area (Å²) in [6.07, 6.45) is 0. The van der Waals surface area contributed by atoms with Crippen LogP contribution in [0.25, 0.3) is 0 Å². The number of hydrogen-bond acceptors (Lipinski definition) is 2. The Morgan fingerprint density at radius 1 is 1.67 bits per heavy atom. The van der Waals surface area contributed by atoms with Gasteiger partial charge >= 0.3 is 0 Å². The lowest BCUT2D eigenvalue weighted by Gasteiger charge is -1.87. The standard InChI is InChI=1S/C7H10O2/c1-7(2)4-3-5-9-6-8/h6-7H,5H2,1-2H3. The van der Waals surface area contributed by atoms with Gasteiger partial charge in [-0.1, -0.05) is 25.7 Å². The fraction of sp³-hybridized carbons (Fsp3) is 0.571. The van der Waals surface area contributed by atoms with Crippen molar-refractivity contribution in [3.63, 3.8) is 0 Å². The first kappa shape index (κ1) is 8.03. The second-order valence-corrected chi connectivity index (χ2v) is 1.88. The van der Waals surface area contributed by atoms with Crippen molar-refractivity contribution in [3.8, 4) is 11.8 Å². The molecule has 0 aliphatic rings. The molecule has 0 radical (unpaired) electrons. The Hall–Kier alpha value is -0.970. The van der Waals surface area contributed by atoms with Gasteiger partial charge in [0.15, 0.2) is 6.61 Å². The third-order valence-electron chi connectivity index (χ3n) is 0.614. The zero-order valence-corrected chi connectivity index (χ0v) is 5.68. The molecular weight excluding hydrogens is 116 g/mol. The van der Waals surface area contributed by atoms with Crippen LogP contribution in [0.15, 0.2) is 0 Å². The fourth-order valence-corrected chi connectivity index (χ4v) is 0.321. The van der Waals surface area contributed by atoms with E-state index >= 15 is 0 Å². The van der Waals surface area contributed by atoms with Gasteiger partial charge in [-0.05, 0) is 0 Å². The maximum absolute atomic E-state index is 9.56. The summed E-state index contributed by atoms with van der Waals surface area (Å²) >= 11 is 0. The highest BCUT2D eigenvalue weighted by Gasteiger charge is 1.79. The zero-order chi connectivity index (χ0) is 7.11. The maximum atomic E-state index is 9.56. The van der Waals surface area contributed by atoms with Crippen LogP contribution < -0.4 is 0 Å². The van der Waals surface area contributed by atoms with Gasteiger partial charge in [-0.3, -0.25) is 4.79 Å². The van der Waals surface area contributed by atoms with Gasteiger partial charge in [-0.15, -0.1) is 0 Å². The lowest BCUT2D eigenvalue weighted by molar-refractivity contribution is -0.127. The molecule has 0 aromatic rings. The molecule has 2 nitrogen and oxygen atoms in total. The Morgan fingerprint density at radius 2 is 2.33 bits per heavy atom. The van der Waals surface area contributed by atoms with Crippen LogP contribution >= 0.6 is 0 Å². The molecule has 0 aliphatic heterocycles. The average Bonchev–Trinajstić information content (AvgIpc) is 1.80. The van der Waals surface area contributed by atoms with Crippen molar-refractivity contribution < 1.29 is 9.53 Å². The second-order valence-electron chi connectivity index (χ2n) is 1.88. The Morgan fingerprint density at radius 3 is 2.78 bits per heavy atom. The van der Waals surface area contributed by atoms with Gasteiger partial charge in [-0.25, -0.2) is 0 Å². The first-order chi connectivity index (χ1) is 4.27. The molecule has 9 heavy (non-hydrogen) atoms. The van der Waals surface area contributed by atoms with Gasteiger partial charge in [-0.2, -0.15) is 0 Å². The summed E-state index contributed by atoms with van der Waals surface area (Å²) in [6, 6.07) is 0. The topological polar surface area (TPSA) is 26.3 Å². The summed E-state index contributed by atoms with van der Waals surface area (Å²) in [5.74, 6) is 5.88. The van der Waals surface area contributed by atoms with E-state index in [0.29, 0.717) is 12.4 Å². The normalized spacial score (nSPS) is 7.89. The Kier molecular flexibility index (Phi) is 4.61. The zero-order valence-electron chi connectivity index (χ0n) is 5.68. The molecule has 0 saturated heterocycles. The quantitative estimate of drug-likeness (QED) is 0.311. The molecule has 0 amide bonds. The second kappa shape index (κ2) is 5.17. The minimum Gasteiger partial charge on any atom is -0.455 e. The third-order valence-corrected chi connectivity index (χ3v) is 0.614. The lowest BCUT2D eigenvalue weighted by Crippen LogP contribution is -1.87. The number of carbonyl (C=O) groups is 1. The molecule has 0 aliphatic carbocycles. The van der Waals surface area contributed by atoms with E-state index in [2.05, 4.69) is 16.6 Å². The first-order valence-corrected chi connectivity index (χ1v) is 2.81. The van der Waals surface area contributed by atoms with Crippen LogP contribution in [0.1, 0.15) is 13.8 Å². The number of rotatable bonds is 2. The van der Waals surface area contributed by atoms with Gasteiger partial charge in [0, 0.05) is 5.92 Å². The fourth-order valence-electron chi connectivity index (χ4n) is 0.321. The van der Waals surface area contributed by atoms with Crippen LogP contribution in [0.2, 0.25) is 0 Å². The highest BCUT2D eigenvalue weighted by molar-refractivity contribution is 5.37. The monoisotopic (exact) mass is 126 g/mol. The number of carbonyl (C=O) groups excluding carboxylic acids is 1. The molecule has 0 atom stereocenters. The Bertz CT molecular complexity index is 128. The minimum atomic E-state index is 0.210. The van der Waals surface area contributed by atoms with Gasteiger partial charge in [0.25, 0.3) is 6.47 Å². The van der Waals surface area contributed by atoms with Gasteiger partial charge < -0.3 is 4.74 Å². The summed E-state index contributed by atoms with van der Waals surface area (Å²) in [5.41, 5.74) is 0. The summed E-state index contributed by atoms with van der Waals surface area (Å²) in [5, 5.41) is 0. The lowest BCUT2D eigenvalue weighted by atomic mass is 10.2. The molecule has 0 spiro atoms. The van der Waals surface area contributed by atoms with Gasteiger partial charge in [0.05, 0.1) is 0 Å². The smallest absolute Gasteiger partial charge is 0.294 e. The molecule has 0 bridgehead atoms. The molecule has 0 N–H and O–H groups in total. The first-order valence-electron chi connectivity index (χ1n) is 2.81. The number of ether oxygens (including phenoxy) is 1. The van der Waals surface area contributed by atoms with Crippen molar-refractivity contribution in [1.82, 2.24) is 0 Å².